The Hall–Kier alpha value is -2.19. The molecule has 2 N–H and O–H groups in total. The highest BCUT2D eigenvalue weighted by Crippen LogP contribution is 2.40. The Labute approximate surface area is 136 Å². The van der Waals surface area contributed by atoms with Gasteiger partial charge in [0.05, 0.1) is 6.61 Å². The van der Waals surface area contributed by atoms with E-state index in [1.807, 2.05) is 24.3 Å². The molecule has 2 atom stereocenters. The van der Waals surface area contributed by atoms with Crippen LogP contribution >= 0.6 is 0 Å². The van der Waals surface area contributed by atoms with E-state index < -0.39 is 12.0 Å². The third-order valence-electron chi connectivity index (χ3n) is 4.41. The van der Waals surface area contributed by atoms with Gasteiger partial charge in [-0.15, -0.1) is 0 Å². The first-order chi connectivity index (χ1) is 11.4. The van der Waals surface area contributed by atoms with Crippen molar-refractivity contribution in [2.45, 2.75) is 24.2 Å². The molecule has 5 nitrogen and oxygen atoms in total. The lowest BCUT2D eigenvalue weighted by Gasteiger charge is -2.27. The summed E-state index contributed by atoms with van der Waals surface area (Å²) in [5, 5.41) is 6.27. The van der Waals surface area contributed by atoms with Crippen LogP contribution in [0.5, 0.6) is 0 Å². The molecule has 8 heteroatoms. The van der Waals surface area contributed by atoms with Crippen molar-refractivity contribution in [1.82, 2.24) is 15.3 Å². The second-order valence-electron chi connectivity index (χ2n) is 6.05. The Bertz CT molecular complexity index is 740. The number of benzene rings is 1. The molecule has 24 heavy (non-hydrogen) atoms. The molecule has 1 unspecified atom stereocenters. The van der Waals surface area contributed by atoms with Crippen molar-refractivity contribution in [1.29, 1.82) is 0 Å². The van der Waals surface area contributed by atoms with Gasteiger partial charge in [0.1, 0.15) is 11.4 Å². The summed E-state index contributed by atoms with van der Waals surface area (Å²) in [4.78, 5) is 6.74. The van der Waals surface area contributed by atoms with Crippen LogP contribution in [0.3, 0.4) is 0 Å². The first kappa shape index (κ1) is 15.3. The lowest BCUT2D eigenvalue weighted by molar-refractivity contribution is -0.144. The summed E-state index contributed by atoms with van der Waals surface area (Å²) in [6, 6.07) is 9.30. The number of fused-ring (bicyclic) bond motifs is 2. The zero-order valence-corrected chi connectivity index (χ0v) is 12.6. The van der Waals surface area contributed by atoms with Crippen LogP contribution in [0.4, 0.5) is 24.7 Å². The normalized spacial score (nSPS) is 25.9. The quantitative estimate of drug-likeness (QED) is 0.903. The summed E-state index contributed by atoms with van der Waals surface area (Å²) in [6.07, 6.45) is -2.53. The molecule has 2 aromatic rings. The number of morpholine rings is 1. The minimum atomic E-state index is -4.56. The largest absolute Gasteiger partial charge is 0.451 e. The topological polar surface area (TPSA) is 59.1 Å². The number of anilines is 2. The molecule has 4 rings (SSSR count). The monoisotopic (exact) mass is 336 g/mol. The van der Waals surface area contributed by atoms with Gasteiger partial charge in [0.2, 0.25) is 5.82 Å². The van der Waals surface area contributed by atoms with Gasteiger partial charge in [0, 0.05) is 24.5 Å². The van der Waals surface area contributed by atoms with Crippen molar-refractivity contribution in [3.8, 4) is 0 Å². The van der Waals surface area contributed by atoms with Crippen molar-refractivity contribution in [3.05, 3.63) is 47.9 Å². The fourth-order valence-electron chi connectivity index (χ4n) is 3.21. The van der Waals surface area contributed by atoms with Crippen molar-refractivity contribution in [3.63, 3.8) is 0 Å². The molecule has 2 bridgehead atoms. The zero-order valence-electron chi connectivity index (χ0n) is 12.6. The van der Waals surface area contributed by atoms with Gasteiger partial charge in [-0.05, 0) is 30.2 Å². The lowest BCUT2D eigenvalue weighted by Crippen LogP contribution is -2.37. The number of aromatic nitrogens is 2. The van der Waals surface area contributed by atoms with Gasteiger partial charge in [-0.1, -0.05) is 12.1 Å². The predicted octanol–water partition coefficient (Wildman–Crippen LogP) is 2.83. The third kappa shape index (κ3) is 2.71. The van der Waals surface area contributed by atoms with Gasteiger partial charge in [0.15, 0.2) is 0 Å². The molecule has 1 aromatic heterocycles. The molecule has 2 aliphatic rings. The van der Waals surface area contributed by atoms with E-state index >= 15 is 0 Å². The Morgan fingerprint density at radius 3 is 2.58 bits per heavy atom. The molecule has 0 spiro atoms. The summed E-state index contributed by atoms with van der Waals surface area (Å²) in [6.45, 7) is 1.49. The summed E-state index contributed by atoms with van der Waals surface area (Å²) < 4.78 is 43.8. The van der Waals surface area contributed by atoms with Crippen molar-refractivity contribution < 1.29 is 17.9 Å². The Morgan fingerprint density at radius 2 is 2.00 bits per heavy atom. The second kappa shape index (κ2) is 5.42. The van der Waals surface area contributed by atoms with E-state index in [4.69, 9.17) is 4.74 Å². The number of ether oxygens (including phenoxy) is 1. The number of hydrogen-bond donors (Lipinski definition) is 2. The first-order valence-corrected chi connectivity index (χ1v) is 7.60. The maximum Gasteiger partial charge on any atom is 0.451 e. The highest BCUT2D eigenvalue weighted by molar-refractivity contribution is 5.56. The van der Waals surface area contributed by atoms with E-state index in [2.05, 4.69) is 20.6 Å². The fraction of sp³-hybridized carbons (Fsp3) is 0.375. The van der Waals surface area contributed by atoms with Gasteiger partial charge in [0.25, 0.3) is 0 Å². The average molecular weight is 336 g/mol. The highest BCUT2D eigenvalue weighted by Gasteiger charge is 2.47. The van der Waals surface area contributed by atoms with Crippen LogP contribution in [-0.2, 0) is 16.5 Å². The number of nitrogens with one attached hydrogen (secondary N) is 2. The van der Waals surface area contributed by atoms with Crippen LogP contribution in [0.1, 0.15) is 17.8 Å². The van der Waals surface area contributed by atoms with Gasteiger partial charge in [-0.2, -0.15) is 13.2 Å². The maximum atomic E-state index is 12.6. The van der Waals surface area contributed by atoms with Crippen LogP contribution in [0.15, 0.2) is 36.5 Å². The summed E-state index contributed by atoms with van der Waals surface area (Å²) in [5.41, 5.74) is 1.45. The SMILES string of the molecule is FC(F)(F)c1nccc(Nc2ccc(C34CN[C@H](CO3)C4)cc2)n1. The molecule has 0 amide bonds. The minimum absolute atomic E-state index is 0.1000. The summed E-state index contributed by atoms with van der Waals surface area (Å²) in [5.74, 6) is -1.06. The second-order valence-corrected chi connectivity index (χ2v) is 6.05. The molecule has 2 saturated heterocycles. The summed E-state index contributed by atoms with van der Waals surface area (Å²) >= 11 is 0. The van der Waals surface area contributed by atoms with Crippen LogP contribution in [0.25, 0.3) is 0 Å². The fourth-order valence-corrected chi connectivity index (χ4v) is 3.21. The molecule has 1 aromatic carbocycles. The Kier molecular flexibility index (Phi) is 3.47. The zero-order chi connectivity index (χ0) is 16.8. The van der Waals surface area contributed by atoms with Crippen LogP contribution in [0, 0.1) is 0 Å². The van der Waals surface area contributed by atoms with Gasteiger partial charge in [-0.25, -0.2) is 9.97 Å². The van der Waals surface area contributed by atoms with Crippen molar-refractivity contribution in [2.24, 2.45) is 0 Å². The molecular formula is C16H15F3N4O. The van der Waals surface area contributed by atoms with Crippen LogP contribution in [-0.4, -0.2) is 29.2 Å². The minimum Gasteiger partial charge on any atom is -0.367 e. The van der Waals surface area contributed by atoms with E-state index in [1.54, 1.807) is 0 Å². The average Bonchev–Trinajstić information content (AvgIpc) is 3.17. The number of rotatable bonds is 3. The molecular weight excluding hydrogens is 321 g/mol. The maximum absolute atomic E-state index is 12.6. The lowest BCUT2D eigenvalue weighted by atomic mass is 9.93. The van der Waals surface area contributed by atoms with E-state index in [-0.39, 0.29) is 11.4 Å². The smallest absolute Gasteiger partial charge is 0.367 e. The number of hydrogen-bond acceptors (Lipinski definition) is 5. The van der Waals surface area contributed by atoms with Crippen LogP contribution < -0.4 is 10.6 Å². The van der Waals surface area contributed by atoms with E-state index in [0.29, 0.717) is 18.3 Å². The van der Waals surface area contributed by atoms with E-state index in [1.165, 1.54) is 6.07 Å². The molecule has 126 valence electrons. The van der Waals surface area contributed by atoms with Crippen LogP contribution in [0.2, 0.25) is 0 Å². The summed E-state index contributed by atoms with van der Waals surface area (Å²) in [7, 11) is 0. The third-order valence-corrected chi connectivity index (χ3v) is 4.41. The number of halogens is 3. The molecule has 0 radical (unpaired) electrons. The predicted molar refractivity (Wildman–Crippen MR) is 80.8 cm³/mol. The molecule has 0 saturated carbocycles. The standard InChI is InChI=1S/C16H15F3N4O/c17-16(18,19)14-20-6-5-13(23-14)22-11-3-1-10(2-4-11)15-7-12(8-24-15)21-9-15/h1-6,12,21H,7-9H2,(H,20,22,23)/t12-,15?/m0/s1. The molecule has 0 aliphatic carbocycles. The molecule has 2 aliphatic heterocycles. The number of alkyl halides is 3. The molecule has 2 fully saturated rings. The van der Waals surface area contributed by atoms with Gasteiger partial charge in [-0.3, -0.25) is 0 Å². The van der Waals surface area contributed by atoms with Crippen molar-refractivity contribution in [2.75, 3.05) is 18.5 Å². The van der Waals surface area contributed by atoms with Crippen molar-refractivity contribution >= 4 is 11.5 Å². The molecule has 3 heterocycles. The highest BCUT2D eigenvalue weighted by atomic mass is 19.4. The number of nitrogens with zero attached hydrogens (tertiary/aromatic N) is 2. The van der Waals surface area contributed by atoms with Gasteiger partial charge < -0.3 is 15.4 Å². The Balaban J connectivity index is 1.52. The van der Waals surface area contributed by atoms with E-state index in [0.717, 1.165) is 24.7 Å². The van der Waals surface area contributed by atoms with E-state index in [9.17, 15) is 13.2 Å². The first-order valence-electron chi connectivity index (χ1n) is 7.60. The van der Waals surface area contributed by atoms with Gasteiger partial charge >= 0.3 is 6.18 Å². The Morgan fingerprint density at radius 1 is 1.21 bits per heavy atom.